The zero-order chi connectivity index (χ0) is 12.8. The molecule has 0 amide bonds. The van der Waals surface area contributed by atoms with Crippen LogP contribution in [0, 0.1) is 0 Å². The summed E-state index contributed by atoms with van der Waals surface area (Å²) in [6.07, 6.45) is 9.87. The summed E-state index contributed by atoms with van der Waals surface area (Å²) >= 11 is 0. The van der Waals surface area contributed by atoms with E-state index in [2.05, 4.69) is 32.9 Å². The van der Waals surface area contributed by atoms with Crippen LogP contribution in [-0.2, 0) is 0 Å². The fourth-order valence-corrected chi connectivity index (χ4v) is 3.30. The van der Waals surface area contributed by atoms with Crippen LogP contribution in [0.1, 0.15) is 31.7 Å². The number of pyridine rings is 1. The van der Waals surface area contributed by atoms with Gasteiger partial charge in [0.2, 0.25) is 0 Å². The maximum atomic E-state index is 9.65. The Hall–Kier alpha value is -1.81. The first kappa shape index (κ1) is 11.1. The van der Waals surface area contributed by atoms with Gasteiger partial charge in [0.1, 0.15) is 5.65 Å². The minimum absolute atomic E-state index is 0.105. The Morgan fingerprint density at radius 2 is 2.05 bits per heavy atom. The molecule has 1 fully saturated rings. The van der Waals surface area contributed by atoms with Gasteiger partial charge in [-0.3, -0.25) is 0 Å². The molecule has 3 heterocycles. The van der Waals surface area contributed by atoms with Gasteiger partial charge in [-0.1, -0.05) is 0 Å². The number of hydrogen-bond acceptors (Lipinski definition) is 2. The molecule has 3 aromatic heterocycles. The molecule has 0 spiro atoms. The van der Waals surface area contributed by atoms with Crippen LogP contribution in [0.3, 0.4) is 0 Å². The van der Waals surface area contributed by atoms with Crippen molar-refractivity contribution in [3.8, 4) is 0 Å². The van der Waals surface area contributed by atoms with Gasteiger partial charge >= 0.3 is 0 Å². The van der Waals surface area contributed by atoms with Crippen molar-refractivity contribution in [2.45, 2.75) is 37.8 Å². The molecule has 2 N–H and O–H groups in total. The summed E-state index contributed by atoms with van der Waals surface area (Å²) in [5.41, 5.74) is 2.22. The lowest BCUT2D eigenvalue weighted by Gasteiger charge is -2.27. The highest BCUT2D eigenvalue weighted by Gasteiger charge is 2.22. The summed E-state index contributed by atoms with van der Waals surface area (Å²) in [6.45, 7) is 0. The monoisotopic (exact) mass is 255 g/mol. The lowest BCUT2D eigenvalue weighted by molar-refractivity contribution is 0.111. The molecule has 3 aromatic rings. The molecule has 0 atom stereocenters. The predicted octanol–water partition coefficient (Wildman–Crippen LogP) is 2.99. The van der Waals surface area contributed by atoms with Gasteiger partial charge in [-0.15, -0.1) is 0 Å². The van der Waals surface area contributed by atoms with Crippen molar-refractivity contribution in [3.63, 3.8) is 0 Å². The molecular formula is C15H17N3O. The van der Waals surface area contributed by atoms with Crippen LogP contribution < -0.4 is 0 Å². The fraction of sp³-hybridized carbons (Fsp3) is 0.400. The summed E-state index contributed by atoms with van der Waals surface area (Å²) in [5.74, 6) is 0. The van der Waals surface area contributed by atoms with Gasteiger partial charge in [-0.05, 0) is 37.8 Å². The molecule has 0 unspecified atom stereocenters. The topological polar surface area (TPSA) is 53.8 Å². The molecule has 0 aromatic carbocycles. The highest BCUT2D eigenvalue weighted by atomic mass is 16.3. The van der Waals surface area contributed by atoms with Crippen LogP contribution in [0.2, 0.25) is 0 Å². The Morgan fingerprint density at radius 1 is 1.21 bits per heavy atom. The number of aromatic nitrogens is 3. The summed E-state index contributed by atoms with van der Waals surface area (Å²) in [5, 5.41) is 12.0. The van der Waals surface area contributed by atoms with Crippen molar-refractivity contribution in [2.75, 3.05) is 0 Å². The van der Waals surface area contributed by atoms with Crippen molar-refractivity contribution in [1.82, 2.24) is 14.5 Å². The summed E-state index contributed by atoms with van der Waals surface area (Å²) in [4.78, 5) is 7.61. The van der Waals surface area contributed by atoms with E-state index in [-0.39, 0.29) is 6.10 Å². The summed E-state index contributed by atoms with van der Waals surface area (Å²) in [6, 6.07) is 4.74. The summed E-state index contributed by atoms with van der Waals surface area (Å²) < 4.78 is 2.37. The Morgan fingerprint density at radius 3 is 2.89 bits per heavy atom. The predicted molar refractivity (Wildman–Crippen MR) is 75.1 cm³/mol. The second-order valence-electron chi connectivity index (χ2n) is 5.49. The first-order valence-corrected chi connectivity index (χ1v) is 6.93. The molecule has 0 saturated heterocycles. The molecule has 4 heteroatoms. The average Bonchev–Trinajstić information content (AvgIpc) is 3.04. The number of hydrogen-bond donors (Lipinski definition) is 2. The van der Waals surface area contributed by atoms with Gasteiger partial charge in [0.05, 0.1) is 11.6 Å². The van der Waals surface area contributed by atoms with Crippen LogP contribution in [0.5, 0.6) is 0 Å². The first-order valence-electron chi connectivity index (χ1n) is 6.93. The molecule has 98 valence electrons. The van der Waals surface area contributed by atoms with E-state index in [0.29, 0.717) is 6.04 Å². The minimum atomic E-state index is -0.105. The number of nitrogens with zero attached hydrogens (tertiary/aromatic N) is 2. The Kier molecular flexibility index (Phi) is 2.38. The molecule has 4 nitrogen and oxygen atoms in total. The largest absolute Gasteiger partial charge is 0.393 e. The van der Waals surface area contributed by atoms with Crippen LogP contribution in [-0.4, -0.2) is 25.7 Å². The molecule has 4 rings (SSSR count). The second kappa shape index (κ2) is 4.10. The molecule has 19 heavy (non-hydrogen) atoms. The number of aromatic amines is 1. The highest BCUT2D eigenvalue weighted by molar-refractivity contribution is 6.02. The first-order chi connectivity index (χ1) is 9.33. The molecule has 0 aliphatic heterocycles. The van der Waals surface area contributed by atoms with Crippen LogP contribution in [0.25, 0.3) is 21.9 Å². The van der Waals surface area contributed by atoms with E-state index in [1.807, 2.05) is 12.4 Å². The van der Waals surface area contributed by atoms with Crippen molar-refractivity contribution < 1.29 is 5.11 Å². The molecule has 0 bridgehead atoms. The minimum Gasteiger partial charge on any atom is -0.393 e. The van der Waals surface area contributed by atoms with Crippen molar-refractivity contribution in [3.05, 3.63) is 30.7 Å². The van der Waals surface area contributed by atoms with E-state index < -0.39 is 0 Å². The van der Waals surface area contributed by atoms with Crippen LogP contribution in [0.4, 0.5) is 0 Å². The Labute approximate surface area is 111 Å². The quantitative estimate of drug-likeness (QED) is 0.702. The summed E-state index contributed by atoms with van der Waals surface area (Å²) in [7, 11) is 0. The number of aliphatic hydroxyl groups excluding tert-OH is 1. The van der Waals surface area contributed by atoms with Gasteiger partial charge in [0.15, 0.2) is 0 Å². The van der Waals surface area contributed by atoms with E-state index in [9.17, 15) is 5.11 Å². The van der Waals surface area contributed by atoms with Crippen molar-refractivity contribution >= 4 is 21.9 Å². The zero-order valence-corrected chi connectivity index (χ0v) is 10.7. The normalized spacial score (nSPS) is 24.3. The lowest BCUT2D eigenvalue weighted by Crippen LogP contribution is -2.20. The number of aliphatic hydroxyl groups is 1. The van der Waals surface area contributed by atoms with Gasteiger partial charge in [0, 0.05) is 35.4 Å². The number of H-pyrrole nitrogens is 1. The molecule has 1 saturated carbocycles. The zero-order valence-electron chi connectivity index (χ0n) is 10.7. The molecule has 0 radical (unpaired) electrons. The van der Waals surface area contributed by atoms with E-state index in [4.69, 9.17) is 0 Å². The highest BCUT2D eigenvalue weighted by Crippen LogP contribution is 2.33. The average molecular weight is 255 g/mol. The molecule has 1 aliphatic rings. The van der Waals surface area contributed by atoms with E-state index in [0.717, 1.165) is 31.3 Å². The van der Waals surface area contributed by atoms with Gasteiger partial charge in [-0.2, -0.15) is 0 Å². The Balaban J connectivity index is 1.87. The smallest absolute Gasteiger partial charge is 0.139 e. The third kappa shape index (κ3) is 1.67. The fourth-order valence-electron chi connectivity index (χ4n) is 3.30. The van der Waals surface area contributed by atoms with Gasteiger partial charge in [0.25, 0.3) is 0 Å². The number of nitrogens with one attached hydrogen (secondary N) is 1. The maximum absolute atomic E-state index is 9.65. The van der Waals surface area contributed by atoms with Crippen molar-refractivity contribution in [1.29, 1.82) is 0 Å². The van der Waals surface area contributed by atoms with Gasteiger partial charge < -0.3 is 14.7 Å². The van der Waals surface area contributed by atoms with Crippen molar-refractivity contribution in [2.24, 2.45) is 0 Å². The standard InChI is InChI=1S/C15H17N3O/c19-12-3-1-11(2-4-12)18-8-6-10-9-17-15-13(14(10)18)5-7-16-15/h5-9,11-12,19H,1-4H2,(H,16,17)/t11-,12+. The van der Waals surface area contributed by atoms with Gasteiger partial charge in [-0.25, -0.2) is 4.98 Å². The molecular weight excluding hydrogens is 238 g/mol. The Bertz CT molecular complexity index is 719. The lowest BCUT2D eigenvalue weighted by atomic mass is 9.93. The number of rotatable bonds is 1. The van der Waals surface area contributed by atoms with E-state index in [1.165, 1.54) is 16.3 Å². The van der Waals surface area contributed by atoms with Crippen LogP contribution >= 0.6 is 0 Å². The SMILES string of the molecule is O[C@H]1CC[C@@H](n2ccc3cnc4[nH]ccc4c32)CC1. The second-order valence-corrected chi connectivity index (χ2v) is 5.49. The molecule has 1 aliphatic carbocycles. The van der Waals surface area contributed by atoms with E-state index >= 15 is 0 Å². The third-order valence-electron chi connectivity index (χ3n) is 4.32. The third-order valence-corrected chi connectivity index (χ3v) is 4.32. The number of fused-ring (bicyclic) bond motifs is 3. The van der Waals surface area contributed by atoms with Crippen LogP contribution in [0.15, 0.2) is 30.7 Å². The van der Waals surface area contributed by atoms with E-state index in [1.54, 1.807) is 0 Å². The maximum Gasteiger partial charge on any atom is 0.139 e.